The molecule has 0 aliphatic heterocycles. The Hall–Kier alpha value is -6.85. The van der Waals surface area contributed by atoms with Gasteiger partial charge in [0.05, 0.1) is 33.8 Å². The van der Waals surface area contributed by atoms with Crippen molar-refractivity contribution in [2.45, 2.75) is 6.92 Å². The number of pyridine rings is 3. The number of hydrogen-bond donors (Lipinski definition) is 0. The highest BCUT2D eigenvalue weighted by atomic mass is 14.9. The molecule has 0 aliphatic carbocycles. The van der Waals surface area contributed by atoms with Crippen molar-refractivity contribution in [3.8, 4) is 67.5 Å². The van der Waals surface area contributed by atoms with Crippen LogP contribution in [0.1, 0.15) is 5.56 Å². The van der Waals surface area contributed by atoms with Gasteiger partial charge in [0.25, 0.3) is 0 Å². The van der Waals surface area contributed by atoms with E-state index in [9.17, 15) is 0 Å². The Morgan fingerprint density at radius 1 is 0.353 bits per heavy atom. The zero-order chi connectivity index (χ0) is 34.1. The second-order valence-corrected chi connectivity index (χ2v) is 12.6. The zero-order valence-corrected chi connectivity index (χ0v) is 27.9. The zero-order valence-electron chi connectivity index (χ0n) is 27.9. The van der Waals surface area contributed by atoms with E-state index in [-0.39, 0.29) is 0 Å². The molecular formula is C46H31N5. The third kappa shape index (κ3) is 5.91. The van der Waals surface area contributed by atoms with Gasteiger partial charge in [-0.25, -0.2) is 19.9 Å². The van der Waals surface area contributed by atoms with Crippen molar-refractivity contribution >= 4 is 21.8 Å². The minimum atomic E-state index is 0.692. The van der Waals surface area contributed by atoms with Crippen LogP contribution in [-0.2, 0) is 0 Å². The lowest BCUT2D eigenvalue weighted by Crippen LogP contribution is -1.96. The first-order valence-corrected chi connectivity index (χ1v) is 17.0. The standard InChI is InChI=1S/C46H31N5/c1-30-28-41(49-45-39(30)22-20-37-21-23-40(48-44(37)45)33-8-4-2-5-9-33)34-16-12-31(13-17-34)32-14-18-35(19-15-32)42-29-43(36-24-26-47-27-25-36)51-46(50-42)38-10-6-3-7-11-38/h2-29H,1H3. The van der Waals surface area contributed by atoms with Crippen LogP contribution in [0.4, 0.5) is 0 Å². The molecule has 0 N–H and O–H groups in total. The van der Waals surface area contributed by atoms with Gasteiger partial charge in [-0.05, 0) is 53.9 Å². The summed E-state index contributed by atoms with van der Waals surface area (Å²) < 4.78 is 0. The lowest BCUT2D eigenvalue weighted by Gasteiger charge is -2.11. The summed E-state index contributed by atoms with van der Waals surface area (Å²) in [5.41, 5.74) is 14.0. The van der Waals surface area contributed by atoms with Crippen LogP contribution in [0.5, 0.6) is 0 Å². The molecule has 0 radical (unpaired) electrons. The molecule has 0 aliphatic rings. The molecule has 5 aromatic carbocycles. The maximum absolute atomic E-state index is 5.20. The first-order chi connectivity index (χ1) is 25.2. The van der Waals surface area contributed by atoms with Crippen LogP contribution in [0.3, 0.4) is 0 Å². The molecule has 0 atom stereocenters. The Balaban J connectivity index is 1.04. The Morgan fingerprint density at radius 3 is 1.47 bits per heavy atom. The predicted molar refractivity (Wildman–Crippen MR) is 208 cm³/mol. The van der Waals surface area contributed by atoms with E-state index in [1.54, 1.807) is 12.4 Å². The molecule has 0 saturated carbocycles. The van der Waals surface area contributed by atoms with Crippen molar-refractivity contribution in [1.82, 2.24) is 24.9 Å². The van der Waals surface area contributed by atoms with E-state index in [4.69, 9.17) is 19.9 Å². The molecule has 0 unspecified atom stereocenters. The molecule has 9 rings (SSSR count). The summed E-state index contributed by atoms with van der Waals surface area (Å²) in [5.74, 6) is 0.692. The largest absolute Gasteiger partial charge is 0.265 e. The molecular weight excluding hydrogens is 623 g/mol. The average molecular weight is 654 g/mol. The lowest BCUT2D eigenvalue weighted by atomic mass is 9.99. The highest BCUT2D eigenvalue weighted by Crippen LogP contribution is 2.33. The van der Waals surface area contributed by atoms with E-state index in [1.807, 2.05) is 66.7 Å². The van der Waals surface area contributed by atoms with Crippen LogP contribution in [0, 0.1) is 6.92 Å². The fourth-order valence-corrected chi connectivity index (χ4v) is 6.61. The lowest BCUT2D eigenvalue weighted by molar-refractivity contribution is 1.18. The number of hydrogen-bond acceptors (Lipinski definition) is 5. The third-order valence-electron chi connectivity index (χ3n) is 9.34. The van der Waals surface area contributed by atoms with Gasteiger partial charge in [-0.3, -0.25) is 4.98 Å². The molecule has 240 valence electrons. The van der Waals surface area contributed by atoms with Gasteiger partial charge in [-0.1, -0.05) is 127 Å². The van der Waals surface area contributed by atoms with Crippen LogP contribution in [-0.4, -0.2) is 24.9 Å². The average Bonchev–Trinajstić information content (AvgIpc) is 3.21. The topological polar surface area (TPSA) is 64.5 Å². The second-order valence-electron chi connectivity index (χ2n) is 12.6. The van der Waals surface area contributed by atoms with Crippen molar-refractivity contribution < 1.29 is 0 Å². The SMILES string of the molecule is Cc1cc(-c2ccc(-c3ccc(-c4cc(-c5ccncc5)nc(-c5ccccc5)n4)cc3)cc2)nc2c1ccc1ccc(-c3ccccc3)nc12. The Labute approximate surface area is 296 Å². The molecule has 51 heavy (non-hydrogen) atoms. The monoisotopic (exact) mass is 653 g/mol. The summed E-state index contributed by atoms with van der Waals surface area (Å²) in [6, 6.07) is 54.3. The third-order valence-corrected chi connectivity index (χ3v) is 9.34. The smallest absolute Gasteiger partial charge is 0.160 e. The van der Waals surface area contributed by atoms with Gasteiger partial charge < -0.3 is 0 Å². The molecule has 0 fully saturated rings. The first-order valence-electron chi connectivity index (χ1n) is 17.0. The van der Waals surface area contributed by atoms with Crippen molar-refractivity contribution in [1.29, 1.82) is 0 Å². The molecule has 5 nitrogen and oxygen atoms in total. The van der Waals surface area contributed by atoms with Gasteiger partial charge in [0.15, 0.2) is 5.82 Å². The first kappa shape index (κ1) is 30.2. The normalized spacial score (nSPS) is 11.2. The maximum atomic E-state index is 5.20. The molecule has 4 aromatic heterocycles. The molecule has 5 heteroatoms. The van der Waals surface area contributed by atoms with E-state index in [2.05, 4.69) is 103 Å². The van der Waals surface area contributed by atoms with E-state index in [0.29, 0.717) is 5.82 Å². The van der Waals surface area contributed by atoms with Gasteiger partial charge in [-0.15, -0.1) is 0 Å². The highest BCUT2D eigenvalue weighted by molar-refractivity contribution is 6.05. The van der Waals surface area contributed by atoms with Gasteiger partial charge in [-0.2, -0.15) is 0 Å². The fraction of sp³-hybridized carbons (Fsp3) is 0.0217. The second kappa shape index (κ2) is 12.9. The van der Waals surface area contributed by atoms with E-state index < -0.39 is 0 Å². The maximum Gasteiger partial charge on any atom is 0.160 e. The summed E-state index contributed by atoms with van der Waals surface area (Å²) in [6.45, 7) is 2.15. The number of rotatable bonds is 6. The van der Waals surface area contributed by atoms with E-state index >= 15 is 0 Å². The van der Waals surface area contributed by atoms with Gasteiger partial charge >= 0.3 is 0 Å². The van der Waals surface area contributed by atoms with Crippen LogP contribution in [0.15, 0.2) is 170 Å². The van der Waals surface area contributed by atoms with Crippen molar-refractivity contribution in [2.75, 3.05) is 0 Å². The highest BCUT2D eigenvalue weighted by Gasteiger charge is 2.13. The fourth-order valence-electron chi connectivity index (χ4n) is 6.61. The molecule has 0 spiro atoms. The van der Waals surface area contributed by atoms with Crippen LogP contribution in [0.2, 0.25) is 0 Å². The Bertz CT molecular complexity index is 2600. The van der Waals surface area contributed by atoms with Gasteiger partial charge in [0, 0.05) is 51.0 Å². The summed E-state index contributed by atoms with van der Waals surface area (Å²) in [4.78, 5) is 24.4. The number of fused-ring (bicyclic) bond motifs is 3. The summed E-state index contributed by atoms with van der Waals surface area (Å²) >= 11 is 0. The minimum absolute atomic E-state index is 0.692. The van der Waals surface area contributed by atoms with Gasteiger partial charge in [0.1, 0.15) is 0 Å². The number of benzene rings is 5. The van der Waals surface area contributed by atoms with E-state index in [0.717, 1.165) is 83.5 Å². The van der Waals surface area contributed by atoms with Crippen LogP contribution in [0.25, 0.3) is 89.4 Å². The summed E-state index contributed by atoms with van der Waals surface area (Å²) in [6.07, 6.45) is 3.58. The number of aromatic nitrogens is 5. The molecule has 0 bridgehead atoms. The molecule has 9 aromatic rings. The Morgan fingerprint density at radius 2 is 0.843 bits per heavy atom. The number of aryl methyl sites for hydroxylation is 1. The molecule has 4 heterocycles. The summed E-state index contributed by atoms with van der Waals surface area (Å²) in [5, 5.41) is 2.20. The number of nitrogens with zero attached hydrogens (tertiary/aromatic N) is 5. The molecule has 0 saturated heterocycles. The summed E-state index contributed by atoms with van der Waals surface area (Å²) in [7, 11) is 0. The van der Waals surface area contributed by atoms with Crippen LogP contribution >= 0.6 is 0 Å². The van der Waals surface area contributed by atoms with Crippen LogP contribution < -0.4 is 0 Å². The Kier molecular flexibility index (Phi) is 7.63. The van der Waals surface area contributed by atoms with Crippen molar-refractivity contribution in [2.24, 2.45) is 0 Å². The van der Waals surface area contributed by atoms with E-state index in [1.165, 1.54) is 5.56 Å². The van der Waals surface area contributed by atoms with Crippen molar-refractivity contribution in [3.05, 3.63) is 176 Å². The van der Waals surface area contributed by atoms with Crippen molar-refractivity contribution in [3.63, 3.8) is 0 Å². The molecule has 0 amide bonds. The van der Waals surface area contributed by atoms with Gasteiger partial charge in [0.2, 0.25) is 0 Å². The predicted octanol–water partition coefficient (Wildman–Crippen LogP) is 11.3. The minimum Gasteiger partial charge on any atom is -0.265 e. The quantitative estimate of drug-likeness (QED) is 0.167.